The lowest BCUT2D eigenvalue weighted by atomic mass is 10.1. The van der Waals surface area contributed by atoms with E-state index in [2.05, 4.69) is 5.32 Å². The summed E-state index contributed by atoms with van der Waals surface area (Å²) in [6.45, 7) is 2.98. The van der Waals surface area contributed by atoms with Crippen molar-refractivity contribution in [1.82, 2.24) is 10.2 Å². The topological polar surface area (TPSA) is 96.0 Å². The molecule has 0 aliphatic heterocycles. The van der Waals surface area contributed by atoms with E-state index >= 15 is 0 Å². The van der Waals surface area contributed by atoms with Crippen LogP contribution in [0.25, 0.3) is 0 Å². The van der Waals surface area contributed by atoms with Gasteiger partial charge in [-0.2, -0.15) is 13.2 Å². The lowest BCUT2D eigenvalue weighted by Gasteiger charge is -2.33. The normalized spacial score (nSPS) is 12.3. The maximum absolute atomic E-state index is 14.0. The van der Waals surface area contributed by atoms with Crippen molar-refractivity contribution in [1.29, 1.82) is 0 Å². The summed E-state index contributed by atoms with van der Waals surface area (Å²) in [6.07, 6.45) is -4.04. The molecule has 232 valence electrons. The highest BCUT2D eigenvalue weighted by atomic mass is 35.5. The van der Waals surface area contributed by atoms with Crippen LogP contribution in [0.3, 0.4) is 0 Å². The third-order valence-corrected chi connectivity index (χ3v) is 8.72. The van der Waals surface area contributed by atoms with Crippen LogP contribution in [0, 0.1) is 0 Å². The Bertz CT molecular complexity index is 1500. The minimum Gasteiger partial charge on any atom is -0.497 e. The number of hydrogen-bond donors (Lipinski definition) is 1. The van der Waals surface area contributed by atoms with Crippen molar-refractivity contribution in [3.05, 3.63) is 88.9 Å². The Balaban J connectivity index is 2.12. The number of nitrogens with one attached hydrogen (secondary N) is 1. The first-order valence-corrected chi connectivity index (χ1v) is 15.3. The number of halogens is 4. The predicted molar refractivity (Wildman–Crippen MR) is 158 cm³/mol. The van der Waals surface area contributed by atoms with Gasteiger partial charge in [-0.25, -0.2) is 8.42 Å². The average Bonchev–Trinajstić information content (AvgIpc) is 2.99. The first kappa shape index (κ1) is 33.7. The number of methoxy groups -OCH3 is 1. The lowest BCUT2D eigenvalue weighted by Crippen LogP contribution is -2.52. The molecule has 0 heterocycles. The molecule has 3 aromatic rings. The van der Waals surface area contributed by atoms with Crippen LogP contribution in [-0.4, -0.2) is 51.4 Å². The molecule has 0 fully saturated rings. The minimum absolute atomic E-state index is 0.0749. The summed E-state index contributed by atoms with van der Waals surface area (Å²) in [7, 11) is -3.05. The van der Waals surface area contributed by atoms with Gasteiger partial charge in [-0.15, -0.1) is 0 Å². The molecule has 1 N–H and O–H groups in total. The van der Waals surface area contributed by atoms with E-state index in [1.165, 1.54) is 36.3 Å². The van der Waals surface area contributed by atoms with Gasteiger partial charge in [0.15, 0.2) is 0 Å². The van der Waals surface area contributed by atoms with Crippen LogP contribution in [0.4, 0.5) is 18.9 Å². The lowest BCUT2D eigenvalue weighted by molar-refractivity contribution is -0.140. The molecule has 3 aromatic carbocycles. The molecule has 3 rings (SSSR count). The molecule has 43 heavy (non-hydrogen) atoms. The van der Waals surface area contributed by atoms with Gasteiger partial charge in [0.05, 0.1) is 28.3 Å². The Labute approximate surface area is 254 Å². The van der Waals surface area contributed by atoms with Crippen LogP contribution in [0.1, 0.15) is 37.8 Å². The van der Waals surface area contributed by atoms with Crippen LogP contribution in [0.2, 0.25) is 5.02 Å². The molecule has 0 saturated heterocycles. The van der Waals surface area contributed by atoms with Crippen molar-refractivity contribution >= 4 is 39.1 Å². The Morgan fingerprint density at radius 3 is 2.21 bits per heavy atom. The molecule has 0 unspecified atom stereocenters. The van der Waals surface area contributed by atoms with Crippen molar-refractivity contribution in [2.24, 2.45) is 0 Å². The van der Waals surface area contributed by atoms with Crippen molar-refractivity contribution in [3.8, 4) is 5.75 Å². The summed E-state index contributed by atoms with van der Waals surface area (Å²) >= 11 is 5.81. The van der Waals surface area contributed by atoms with Crippen molar-refractivity contribution in [3.63, 3.8) is 0 Å². The highest BCUT2D eigenvalue weighted by Crippen LogP contribution is 2.38. The van der Waals surface area contributed by atoms with Crippen molar-refractivity contribution in [2.75, 3.05) is 24.5 Å². The summed E-state index contributed by atoms with van der Waals surface area (Å²) in [5, 5.41) is 2.14. The second-order valence-corrected chi connectivity index (χ2v) is 11.8. The SMILES string of the molecule is CCCNC(=O)[C@@H](CC)N(Cc1ccc(OC)cc1)C(=O)CN(c1ccc(Cl)c(C(F)(F)F)c1)S(=O)(=O)c1ccccc1. The third kappa shape index (κ3) is 8.41. The molecule has 0 saturated carbocycles. The van der Waals surface area contributed by atoms with Crippen LogP contribution < -0.4 is 14.4 Å². The second-order valence-electron chi connectivity index (χ2n) is 9.57. The third-order valence-electron chi connectivity index (χ3n) is 6.60. The Hall–Kier alpha value is -3.77. The molecular weight excluding hydrogens is 607 g/mol. The van der Waals surface area contributed by atoms with Crippen LogP contribution >= 0.6 is 11.6 Å². The van der Waals surface area contributed by atoms with E-state index in [0.29, 0.717) is 34.7 Å². The van der Waals surface area contributed by atoms with Crippen molar-refractivity contribution < 1.29 is 35.9 Å². The minimum atomic E-state index is -4.88. The number of alkyl halides is 3. The van der Waals surface area contributed by atoms with Gasteiger partial charge in [0.2, 0.25) is 11.8 Å². The van der Waals surface area contributed by atoms with Gasteiger partial charge in [-0.05, 0) is 60.9 Å². The largest absolute Gasteiger partial charge is 0.497 e. The first-order valence-electron chi connectivity index (χ1n) is 13.5. The molecule has 1 atom stereocenters. The zero-order chi connectivity index (χ0) is 31.8. The number of amides is 2. The first-order chi connectivity index (χ1) is 20.3. The summed E-state index contributed by atoms with van der Waals surface area (Å²) in [4.78, 5) is 28.2. The van der Waals surface area contributed by atoms with E-state index in [4.69, 9.17) is 16.3 Å². The van der Waals surface area contributed by atoms with E-state index in [1.807, 2.05) is 6.92 Å². The summed E-state index contributed by atoms with van der Waals surface area (Å²) in [5.41, 5.74) is -1.05. The number of ether oxygens (including phenoxy) is 1. The second kappa shape index (κ2) is 14.6. The van der Waals surface area contributed by atoms with E-state index in [1.54, 1.807) is 37.3 Å². The molecular formula is C30H33ClF3N3O5S. The number of sulfonamides is 1. The summed E-state index contributed by atoms with van der Waals surface area (Å²) < 4.78 is 74.7. The number of nitrogens with zero attached hydrogens (tertiary/aromatic N) is 2. The Kier molecular flexibility index (Phi) is 11.5. The van der Waals surface area contributed by atoms with Gasteiger partial charge in [0.1, 0.15) is 18.3 Å². The Morgan fingerprint density at radius 2 is 1.65 bits per heavy atom. The van der Waals surface area contributed by atoms with Gasteiger partial charge in [-0.1, -0.05) is 55.8 Å². The number of carbonyl (C=O) groups is 2. The van der Waals surface area contributed by atoms with Gasteiger partial charge in [-0.3, -0.25) is 13.9 Å². The van der Waals surface area contributed by atoms with Crippen molar-refractivity contribution in [2.45, 2.75) is 50.3 Å². The molecule has 8 nitrogen and oxygen atoms in total. The molecule has 0 aliphatic rings. The molecule has 0 radical (unpaired) electrons. The number of anilines is 1. The van der Waals surface area contributed by atoms with Gasteiger partial charge in [0.25, 0.3) is 10.0 Å². The fraction of sp³-hybridized carbons (Fsp3) is 0.333. The highest BCUT2D eigenvalue weighted by Gasteiger charge is 2.37. The molecule has 2 amide bonds. The average molecular weight is 640 g/mol. The fourth-order valence-corrected chi connectivity index (χ4v) is 6.00. The quantitative estimate of drug-likeness (QED) is 0.251. The highest BCUT2D eigenvalue weighted by molar-refractivity contribution is 7.92. The van der Waals surface area contributed by atoms with E-state index in [9.17, 15) is 31.2 Å². The van der Waals surface area contributed by atoms with Crippen LogP contribution in [-0.2, 0) is 32.3 Å². The smallest absolute Gasteiger partial charge is 0.417 e. The number of rotatable bonds is 13. The van der Waals surface area contributed by atoms with Gasteiger partial charge < -0.3 is 15.0 Å². The zero-order valence-electron chi connectivity index (χ0n) is 23.9. The van der Waals surface area contributed by atoms with E-state index in [0.717, 1.165) is 12.1 Å². The zero-order valence-corrected chi connectivity index (χ0v) is 25.5. The maximum atomic E-state index is 14.0. The number of carbonyl (C=O) groups excluding carboxylic acids is 2. The molecule has 0 aromatic heterocycles. The maximum Gasteiger partial charge on any atom is 0.417 e. The molecule has 0 spiro atoms. The number of hydrogen-bond acceptors (Lipinski definition) is 5. The fourth-order valence-electron chi connectivity index (χ4n) is 4.35. The van der Waals surface area contributed by atoms with Crippen LogP contribution in [0.5, 0.6) is 5.75 Å². The molecule has 13 heteroatoms. The van der Waals surface area contributed by atoms with E-state index < -0.39 is 56.9 Å². The predicted octanol–water partition coefficient (Wildman–Crippen LogP) is 5.90. The Morgan fingerprint density at radius 1 is 1.00 bits per heavy atom. The van der Waals surface area contributed by atoms with Crippen LogP contribution in [0.15, 0.2) is 77.7 Å². The number of benzene rings is 3. The molecule has 0 bridgehead atoms. The standard InChI is InChI=1S/C30H33ClF3N3O5S/c1-4-17-35-29(39)27(5-2)36(19-21-11-14-23(42-3)15-12-21)28(38)20-37(43(40,41)24-9-7-6-8-10-24)22-13-16-26(31)25(18-22)30(32,33)34/h6-16,18,27H,4-5,17,19-20H2,1-3H3,(H,35,39)/t27-/m1/s1. The molecule has 0 aliphatic carbocycles. The van der Waals surface area contributed by atoms with Gasteiger partial charge in [0, 0.05) is 13.1 Å². The summed E-state index contributed by atoms with van der Waals surface area (Å²) in [5.74, 6) is -0.662. The van der Waals surface area contributed by atoms with E-state index in [-0.39, 0.29) is 17.9 Å². The monoisotopic (exact) mass is 639 g/mol. The van der Waals surface area contributed by atoms with Gasteiger partial charge >= 0.3 is 6.18 Å². The summed E-state index contributed by atoms with van der Waals surface area (Å²) in [6, 6.07) is 15.4.